The van der Waals surface area contributed by atoms with E-state index in [4.69, 9.17) is 0 Å². The predicted octanol–water partition coefficient (Wildman–Crippen LogP) is 2.78. The Morgan fingerprint density at radius 2 is 1.50 bits per heavy atom. The van der Waals surface area contributed by atoms with E-state index in [1.807, 2.05) is 36.1 Å². The molecule has 0 saturated carbocycles. The van der Waals surface area contributed by atoms with Crippen molar-refractivity contribution >= 4 is 23.2 Å². The Bertz CT molecular complexity index is 1120. The summed E-state index contributed by atoms with van der Waals surface area (Å²) >= 11 is 0. The highest BCUT2D eigenvalue weighted by Crippen LogP contribution is 2.22. The van der Waals surface area contributed by atoms with Gasteiger partial charge in [0.05, 0.1) is 0 Å². The van der Waals surface area contributed by atoms with Crippen LogP contribution in [0.25, 0.3) is 0 Å². The van der Waals surface area contributed by atoms with Crippen molar-refractivity contribution in [2.24, 2.45) is 0 Å². The molecule has 0 radical (unpaired) electrons. The molecule has 5 rings (SSSR count). The average Bonchev–Trinajstić information content (AvgIpc) is 2.94. The van der Waals surface area contributed by atoms with Crippen molar-refractivity contribution in [1.29, 1.82) is 0 Å². The number of rotatable bonds is 7. The van der Waals surface area contributed by atoms with Crippen molar-refractivity contribution in [1.82, 2.24) is 20.0 Å². The molecule has 1 atom stereocenters. The fraction of sp³-hybridized carbons (Fsp3) is 0.467. The molecule has 2 amide bonds. The van der Waals surface area contributed by atoms with E-state index >= 15 is 0 Å². The molecule has 8 heteroatoms. The Kier molecular flexibility index (Phi) is 8.29. The quantitative estimate of drug-likeness (QED) is 0.590. The summed E-state index contributed by atoms with van der Waals surface area (Å²) in [5, 5.41) is 6.18. The van der Waals surface area contributed by atoms with Gasteiger partial charge in [-0.2, -0.15) is 0 Å². The Morgan fingerprint density at radius 3 is 2.11 bits per heavy atom. The number of nitrogens with one attached hydrogen (secondary N) is 2. The maximum absolute atomic E-state index is 12.8. The van der Waals surface area contributed by atoms with Gasteiger partial charge in [0.15, 0.2) is 0 Å². The number of carbonyl (C=O) groups is 2. The van der Waals surface area contributed by atoms with E-state index in [1.54, 1.807) is 0 Å². The third-order valence-electron chi connectivity index (χ3n) is 7.99. The molecular weight excluding hydrogens is 476 g/mol. The minimum absolute atomic E-state index is 0.000866. The minimum atomic E-state index is -0.202. The number of piperazine rings is 2. The molecule has 0 spiro atoms. The van der Waals surface area contributed by atoms with Gasteiger partial charge in [-0.3, -0.25) is 19.4 Å². The first kappa shape index (κ1) is 26.3. The SMILES string of the molecule is C=C1CCC(Nc2ccc(N3CCN(CCN4CCN(C(=O)c5ccc(C)cc5)CC4)CC3)cc2)C(=O)N1. The molecule has 3 fully saturated rings. The Balaban J connectivity index is 1.01. The first-order valence-corrected chi connectivity index (χ1v) is 13.9. The summed E-state index contributed by atoms with van der Waals surface area (Å²) in [7, 11) is 0. The molecule has 1 unspecified atom stereocenters. The number of allylic oxidation sites excluding steroid dienone is 1. The zero-order valence-electron chi connectivity index (χ0n) is 22.5. The molecule has 2 aromatic rings. The lowest BCUT2D eigenvalue weighted by Crippen LogP contribution is -2.52. The molecule has 2 N–H and O–H groups in total. The molecule has 8 nitrogen and oxygen atoms in total. The number of hydrogen-bond acceptors (Lipinski definition) is 6. The Labute approximate surface area is 226 Å². The van der Waals surface area contributed by atoms with Gasteiger partial charge in [-0.15, -0.1) is 0 Å². The van der Waals surface area contributed by atoms with Crippen LogP contribution in [-0.4, -0.2) is 98.0 Å². The summed E-state index contributed by atoms with van der Waals surface area (Å²) in [5.41, 5.74) is 4.97. The maximum atomic E-state index is 12.8. The highest BCUT2D eigenvalue weighted by Gasteiger charge is 2.25. The van der Waals surface area contributed by atoms with Crippen molar-refractivity contribution < 1.29 is 9.59 Å². The van der Waals surface area contributed by atoms with Crippen molar-refractivity contribution in [2.45, 2.75) is 25.8 Å². The number of nitrogens with zero attached hydrogens (tertiary/aromatic N) is 4. The third-order valence-corrected chi connectivity index (χ3v) is 7.99. The molecule has 38 heavy (non-hydrogen) atoms. The van der Waals surface area contributed by atoms with Crippen LogP contribution >= 0.6 is 0 Å². The summed E-state index contributed by atoms with van der Waals surface area (Å²) in [5.74, 6) is 0.148. The van der Waals surface area contributed by atoms with E-state index in [-0.39, 0.29) is 17.9 Å². The first-order chi connectivity index (χ1) is 18.4. The molecule has 202 valence electrons. The smallest absolute Gasteiger partial charge is 0.253 e. The van der Waals surface area contributed by atoms with Gasteiger partial charge in [0.25, 0.3) is 5.91 Å². The Morgan fingerprint density at radius 1 is 0.895 bits per heavy atom. The van der Waals surface area contributed by atoms with Gasteiger partial charge in [0.2, 0.25) is 5.91 Å². The molecule has 2 aromatic carbocycles. The first-order valence-electron chi connectivity index (χ1n) is 13.9. The predicted molar refractivity (Wildman–Crippen MR) is 153 cm³/mol. The second-order valence-corrected chi connectivity index (χ2v) is 10.7. The third kappa shape index (κ3) is 6.55. The van der Waals surface area contributed by atoms with Gasteiger partial charge in [0.1, 0.15) is 6.04 Å². The zero-order chi connectivity index (χ0) is 26.5. The van der Waals surface area contributed by atoms with Gasteiger partial charge >= 0.3 is 0 Å². The summed E-state index contributed by atoms with van der Waals surface area (Å²) in [6.07, 6.45) is 1.59. The second-order valence-electron chi connectivity index (χ2n) is 10.7. The molecule has 0 aromatic heterocycles. The van der Waals surface area contributed by atoms with E-state index in [1.165, 1.54) is 11.3 Å². The molecule has 0 bridgehead atoms. The highest BCUT2D eigenvalue weighted by molar-refractivity contribution is 5.94. The normalized spacial score (nSPS) is 21.3. The fourth-order valence-electron chi connectivity index (χ4n) is 5.45. The molecule has 3 aliphatic rings. The van der Waals surface area contributed by atoms with Crippen LogP contribution in [0.1, 0.15) is 28.8 Å². The molecule has 3 aliphatic heterocycles. The fourth-order valence-corrected chi connectivity index (χ4v) is 5.45. The summed E-state index contributed by atoms with van der Waals surface area (Å²) in [4.78, 5) is 34.4. The average molecular weight is 517 g/mol. The van der Waals surface area contributed by atoms with Crippen LogP contribution in [0.5, 0.6) is 0 Å². The number of anilines is 2. The Hall–Kier alpha value is -3.36. The number of benzene rings is 2. The summed E-state index contributed by atoms with van der Waals surface area (Å²) in [6.45, 7) is 15.6. The van der Waals surface area contributed by atoms with Crippen LogP contribution in [0, 0.1) is 6.92 Å². The van der Waals surface area contributed by atoms with E-state index in [0.717, 1.165) is 95.2 Å². The molecular formula is C30H40N6O2. The van der Waals surface area contributed by atoms with E-state index in [9.17, 15) is 9.59 Å². The van der Waals surface area contributed by atoms with Crippen molar-refractivity contribution in [3.05, 3.63) is 71.9 Å². The van der Waals surface area contributed by atoms with Gasteiger partial charge < -0.3 is 20.4 Å². The molecule has 3 heterocycles. The standard InChI is InChI=1S/C30H40N6O2/c1-23-3-6-25(7-4-23)30(38)36-21-17-34(18-22-36)14-13-33-15-19-35(20-16-33)27-10-8-26(9-11-27)32-28-12-5-24(2)31-29(28)37/h3-4,6-11,28,32H,2,5,12-22H2,1H3,(H,31,37). The van der Waals surface area contributed by atoms with Crippen LogP contribution in [0.15, 0.2) is 60.8 Å². The zero-order valence-corrected chi connectivity index (χ0v) is 22.5. The van der Waals surface area contributed by atoms with Crippen LogP contribution in [0.2, 0.25) is 0 Å². The van der Waals surface area contributed by atoms with Gasteiger partial charge in [-0.05, 0) is 56.2 Å². The van der Waals surface area contributed by atoms with E-state index in [2.05, 4.69) is 56.2 Å². The van der Waals surface area contributed by atoms with Crippen LogP contribution in [0.4, 0.5) is 11.4 Å². The molecule has 3 saturated heterocycles. The minimum Gasteiger partial charge on any atom is -0.374 e. The summed E-state index contributed by atoms with van der Waals surface area (Å²) in [6, 6.07) is 16.1. The number of aryl methyl sites for hydroxylation is 1. The van der Waals surface area contributed by atoms with Crippen molar-refractivity contribution in [2.75, 3.05) is 75.7 Å². The lowest BCUT2D eigenvalue weighted by molar-refractivity contribution is -0.122. The van der Waals surface area contributed by atoms with Crippen molar-refractivity contribution in [3.8, 4) is 0 Å². The van der Waals surface area contributed by atoms with Gasteiger partial charge in [0, 0.05) is 88.1 Å². The van der Waals surface area contributed by atoms with Gasteiger partial charge in [-0.25, -0.2) is 0 Å². The number of amides is 2. The lowest BCUT2D eigenvalue weighted by atomic mass is 10.0. The second kappa shape index (κ2) is 12.0. The number of carbonyl (C=O) groups excluding carboxylic acids is 2. The lowest BCUT2D eigenvalue weighted by Gasteiger charge is -2.39. The van der Waals surface area contributed by atoms with Crippen LogP contribution < -0.4 is 15.5 Å². The van der Waals surface area contributed by atoms with E-state index < -0.39 is 0 Å². The molecule has 0 aliphatic carbocycles. The number of piperidine rings is 1. The largest absolute Gasteiger partial charge is 0.374 e. The highest BCUT2D eigenvalue weighted by atomic mass is 16.2. The number of hydrogen-bond donors (Lipinski definition) is 2. The van der Waals surface area contributed by atoms with Crippen LogP contribution in [-0.2, 0) is 4.79 Å². The van der Waals surface area contributed by atoms with Crippen molar-refractivity contribution in [3.63, 3.8) is 0 Å². The topological polar surface area (TPSA) is 71.2 Å². The summed E-state index contributed by atoms with van der Waals surface area (Å²) < 4.78 is 0. The van der Waals surface area contributed by atoms with Crippen LogP contribution in [0.3, 0.4) is 0 Å². The van der Waals surface area contributed by atoms with E-state index in [0.29, 0.717) is 0 Å². The monoisotopic (exact) mass is 516 g/mol. The maximum Gasteiger partial charge on any atom is 0.253 e. The van der Waals surface area contributed by atoms with Gasteiger partial charge in [-0.1, -0.05) is 24.3 Å².